The van der Waals surface area contributed by atoms with Crippen molar-refractivity contribution in [2.75, 3.05) is 12.4 Å². The first-order valence-corrected chi connectivity index (χ1v) is 7.69. The van der Waals surface area contributed by atoms with E-state index in [4.69, 9.17) is 4.74 Å². The van der Waals surface area contributed by atoms with Crippen LogP contribution in [0.1, 0.15) is 11.4 Å². The number of nitrogens with one attached hydrogen (secondary N) is 1. The molecule has 0 bridgehead atoms. The largest absolute Gasteiger partial charge is 0.481 e. The highest BCUT2D eigenvalue weighted by molar-refractivity contribution is 5.89. The molecule has 3 aromatic rings. The van der Waals surface area contributed by atoms with Crippen LogP contribution in [0.2, 0.25) is 0 Å². The minimum Gasteiger partial charge on any atom is -0.481 e. The van der Waals surface area contributed by atoms with Crippen LogP contribution in [-0.4, -0.2) is 42.8 Å². The van der Waals surface area contributed by atoms with Crippen LogP contribution < -0.4 is 10.1 Å². The summed E-state index contributed by atoms with van der Waals surface area (Å²) in [6.45, 7) is 3.88. The van der Waals surface area contributed by atoms with E-state index in [1.54, 1.807) is 25.0 Å². The first-order valence-electron chi connectivity index (χ1n) is 7.69. The van der Waals surface area contributed by atoms with Crippen molar-refractivity contribution in [3.8, 4) is 17.0 Å². The molecule has 1 amide bonds. The standard InChI is InChI=1S/C16H19N7O2/c1-10-15(12-6-5-7-17-16(12)25-4)11(2)23(20-10)9-14(24)19-13-8-18-22(3)21-13/h5-8H,9H2,1-4H3,(H,19,21,24). The topological polar surface area (TPSA) is 99.8 Å². The SMILES string of the molecule is COc1ncccc1-c1c(C)nn(CC(=O)Nc2cnn(C)n2)c1C. The number of nitrogens with zero attached hydrogens (tertiary/aromatic N) is 6. The Morgan fingerprint density at radius 3 is 2.80 bits per heavy atom. The second kappa shape index (κ2) is 6.71. The second-order valence-electron chi connectivity index (χ2n) is 5.53. The van der Waals surface area contributed by atoms with Gasteiger partial charge in [0.1, 0.15) is 6.54 Å². The summed E-state index contributed by atoms with van der Waals surface area (Å²) in [5, 5.41) is 15.1. The summed E-state index contributed by atoms with van der Waals surface area (Å²) in [5.74, 6) is 0.705. The summed E-state index contributed by atoms with van der Waals surface area (Å²) < 4.78 is 6.99. The fraction of sp³-hybridized carbons (Fsp3) is 0.312. The molecule has 3 aromatic heterocycles. The number of carbonyl (C=O) groups is 1. The van der Waals surface area contributed by atoms with Gasteiger partial charge < -0.3 is 10.1 Å². The molecule has 0 saturated carbocycles. The highest BCUT2D eigenvalue weighted by Gasteiger charge is 2.19. The van der Waals surface area contributed by atoms with E-state index >= 15 is 0 Å². The molecule has 0 aliphatic heterocycles. The highest BCUT2D eigenvalue weighted by Crippen LogP contribution is 2.32. The molecule has 0 aliphatic rings. The number of rotatable bonds is 5. The Morgan fingerprint density at radius 2 is 2.12 bits per heavy atom. The lowest BCUT2D eigenvalue weighted by Gasteiger charge is -2.08. The van der Waals surface area contributed by atoms with Crippen LogP contribution in [0.25, 0.3) is 11.1 Å². The lowest BCUT2D eigenvalue weighted by molar-refractivity contribution is -0.117. The van der Waals surface area contributed by atoms with Gasteiger partial charge >= 0.3 is 0 Å². The molecule has 0 saturated heterocycles. The maximum absolute atomic E-state index is 12.2. The van der Waals surface area contributed by atoms with Gasteiger partial charge in [-0.05, 0) is 26.0 Å². The predicted molar refractivity (Wildman–Crippen MR) is 91.1 cm³/mol. The van der Waals surface area contributed by atoms with Crippen molar-refractivity contribution < 1.29 is 9.53 Å². The first-order chi connectivity index (χ1) is 12.0. The second-order valence-corrected chi connectivity index (χ2v) is 5.53. The number of carbonyl (C=O) groups excluding carboxylic acids is 1. The summed E-state index contributed by atoms with van der Waals surface area (Å²) in [5.41, 5.74) is 3.42. The smallest absolute Gasteiger partial charge is 0.247 e. The Kier molecular flexibility index (Phi) is 4.46. The fourth-order valence-corrected chi connectivity index (χ4v) is 2.71. The molecule has 0 aromatic carbocycles. The van der Waals surface area contributed by atoms with Gasteiger partial charge in [0.05, 0.1) is 19.0 Å². The lowest BCUT2D eigenvalue weighted by Crippen LogP contribution is -2.20. The van der Waals surface area contributed by atoms with Gasteiger partial charge in [-0.2, -0.15) is 15.0 Å². The number of hydrogen-bond donors (Lipinski definition) is 1. The molecule has 0 fully saturated rings. The Balaban J connectivity index is 1.85. The van der Waals surface area contributed by atoms with Gasteiger partial charge in [-0.1, -0.05) is 0 Å². The van der Waals surface area contributed by atoms with Crippen LogP contribution >= 0.6 is 0 Å². The lowest BCUT2D eigenvalue weighted by atomic mass is 10.1. The number of methoxy groups -OCH3 is 1. The molecule has 9 heteroatoms. The Bertz CT molecular complexity index is 913. The van der Waals surface area contributed by atoms with E-state index in [2.05, 4.69) is 25.6 Å². The molecule has 0 unspecified atom stereocenters. The van der Waals surface area contributed by atoms with Gasteiger partial charge in [0.15, 0.2) is 5.82 Å². The van der Waals surface area contributed by atoms with Crippen LogP contribution in [0.15, 0.2) is 24.5 Å². The fourth-order valence-electron chi connectivity index (χ4n) is 2.71. The number of anilines is 1. The molecular weight excluding hydrogens is 322 g/mol. The van der Waals surface area contributed by atoms with Gasteiger partial charge in [0.2, 0.25) is 11.8 Å². The Hall–Kier alpha value is -3.23. The van der Waals surface area contributed by atoms with Gasteiger partial charge in [0.25, 0.3) is 0 Å². The van der Waals surface area contributed by atoms with Crippen LogP contribution in [0.4, 0.5) is 5.82 Å². The number of amides is 1. The van der Waals surface area contributed by atoms with Gasteiger partial charge in [-0.15, -0.1) is 5.10 Å². The number of pyridine rings is 1. The van der Waals surface area contributed by atoms with Crippen molar-refractivity contribution in [1.82, 2.24) is 29.8 Å². The van der Waals surface area contributed by atoms with E-state index in [-0.39, 0.29) is 12.5 Å². The molecule has 0 spiro atoms. The van der Waals surface area contributed by atoms with Crippen molar-refractivity contribution in [3.05, 3.63) is 35.9 Å². The van der Waals surface area contributed by atoms with Crippen LogP contribution in [0, 0.1) is 13.8 Å². The quantitative estimate of drug-likeness (QED) is 0.752. The van der Waals surface area contributed by atoms with E-state index in [9.17, 15) is 4.79 Å². The molecule has 3 rings (SSSR count). The summed E-state index contributed by atoms with van der Waals surface area (Å²) >= 11 is 0. The van der Waals surface area contributed by atoms with Crippen LogP contribution in [0.5, 0.6) is 5.88 Å². The van der Waals surface area contributed by atoms with Crippen molar-refractivity contribution in [2.24, 2.45) is 7.05 Å². The van der Waals surface area contributed by atoms with Gasteiger partial charge in [-0.3, -0.25) is 9.48 Å². The molecule has 9 nitrogen and oxygen atoms in total. The van der Waals surface area contributed by atoms with E-state index in [1.807, 2.05) is 26.0 Å². The third-order valence-electron chi connectivity index (χ3n) is 3.78. The molecule has 130 valence electrons. The van der Waals surface area contributed by atoms with Crippen molar-refractivity contribution >= 4 is 11.7 Å². The van der Waals surface area contributed by atoms with Crippen molar-refractivity contribution in [2.45, 2.75) is 20.4 Å². The minimum absolute atomic E-state index is 0.0752. The maximum Gasteiger partial charge on any atom is 0.247 e. The summed E-state index contributed by atoms with van der Waals surface area (Å²) in [6.07, 6.45) is 3.16. The highest BCUT2D eigenvalue weighted by atomic mass is 16.5. The maximum atomic E-state index is 12.2. The minimum atomic E-state index is -0.226. The Morgan fingerprint density at radius 1 is 1.32 bits per heavy atom. The molecule has 25 heavy (non-hydrogen) atoms. The van der Waals surface area contributed by atoms with Gasteiger partial charge in [0, 0.05) is 30.1 Å². The average Bonchev–Trinajstić information content (AvgIpc) is 3.10. The number of hydrogen-bond acceptors (Lipinski definition) is 6. The Labute approximate surface area is 144 Å². The average molecular weight is 341 g/mol. The third-order valence-corrected chi connectivity index (χ3v) is 3.78. The zero-order chi connectivity index (χ0) is 18.0. The monoisotopic (exact) mass is 341 g/mol. The van der Waals surface area contributed by atoms with Gasteiger partial charge in [-0.25, -0.2) is 4.98 Å². The van der Waals surface area contributed by atoms with E-state index < -0.39 is 0 Å². The predicted octanol–water partition coefficient (Wildman–Crippen LogP) is 1.34. The molecule has 0 atom stereocenters. The summed E-state index contributed by atoms with van der Waals surface area (Å²) in [7, 11) is 3.26. The number of aromatic nitrogens is 6. The molecule has 3 heterocycles. The zero-order valence-electron chi connectivity index (χ0n) is 14.5. The van der Waals surface area contributed by atoms with Crippen molar-refractivity contribution in [3.63, 3.8) is 0 Å². The number of ether oxygens (including phenoxy) is 1. The molecular formula is C16H19N7O2. The van der Waals surface area contributed by atoms with Crippen LogP contribution in [-0.2, 0) is 18.4 Å². The first kappa shape index (κ1) is 16.6. The third kappa shape index (κ3) is 3.35. The van der Waals surface area contributed by atoms with E-state index in [1.165, 1.54) is 11.0 Å². The zero-order valence-corrected chi connectivity index (χ0v) is 14.5. The normalized spacial score (nSPS) is 10.7. The number of aryl methyl sites for hydroxylation is 2. The summed E-state index contributed by atoms with van der Waals surface area (Å²) in [4.78, 5) is 17.8. The van der Waals surface area contributed by atoms with Crippen molar-refractivity contribution in [1.29, 1.82) is 0 Å². The molecule has 1 N–H and O–H groups in total. The van der Waals surface area contributed by atoms with E-state index in [0.29, 0.717) is 11.7 Å². The van der Waals surface area contributed by atoms with Crippen LogP contribution in [0.3, 0.4) is 0 Å². The molecule has 0 aliphatic carbocycles. The summed E-state index contributed by atoms with van der Waals surface area (Å²) in [6, 6.07) is 3.77. The molecule has 0 radical (unpaired) electrons. The van der Waals surface area contributed by atoms with E-state index in [0.717, 1.165) is 22.5 Å².